The Bertz CT molecular complexity index is 827. The zero-order valence-electron chi connectivity index (χ0n) is 13.2. The third-order valence-electron chi connectivity index (χ3n) is 3.63. The zero-order chi connectivity index (χ0) is 15.5. The van der Waals surface area contributed by atoms with Crippen LogP contribution in [0.15, 0.2) is 36.4 Å². The summed E-state index contributed by atoms with van der Waals surface area (Å²) >= 11 is 6.10. The predicted molar refractivity (Wildman–Crippen MR) is 107 cm³/mol. The highest BCUT2D eigenvalue weighted by Crippen LogP contribution is 2.34. The van der Waals surface area contributed by atoms with Gasteiger partial charge in [-0.1, -0.05) is 11.6 Å². The number of nitrogens with zero attached hydrogens (tertiary/aromatic N) is 1. The first-order valence-electron chi connectivity index (χ1n) is 7.24. The number of aromatic nitrogens is 1. The molecule has 3 rings (SSSR count). The fourth-order valence-corrected chi connectivity index (χ4v) is 2.70. The van der Waals surface area contributed by atoms with Crippen LogP contribution in [0.25, 0.3) is 21.8 Å². The van der Waals surface area contributed by atoms with E-state index < -0.39 is 0 Å². The minimum atomic E-state index is 0. The lowest BCUT2D eigenvalue weighted by atomic mass is 10.1. The topological polar surface area (TPSA) is 60.2 Å². The average Bonchev–Trinajstić information content (AvgIpc) is 2.53. The third kappa shape index (κ3) is 4.14. The van der Waals surface area contributed by atoms with Crippen molar-refractivity contribution in [3.63, 3.8) is 0 Å². The van der Waals surface area contributed by atoms with Crippen molar-refractivity contribution in [1.29, 1.82) is 0 Å². The minimum Gasteiger partial charge on any atom is -0.497 e. The summed E-state index contributed by atoms with van der Waals surface area (Å²) in [5, 5.41) is 6.24. The summed E-state index contributed by atoms with van der Waals surface area (Å²) in [7, 11) is 1.66. The van der Waals surface area contributed by atoms with Gasteiger partial charge < -0.3 is 15.8 Å². The smallest absolute Gasteiger partial charge is 0.119 e. The molecule has 2 aromatic carbocycles. The van der Waals surface area contributed by atoms with Crippen LogP contribution in [0.4, 0.5) is 5.69 Å². The molecule has 1 aromatic heterocycles. The Labute approximate surface area is 158 Å². The van der Waals surface area contributed by atoms with Crippen molar-refractivity contribution >= 4 is 63.9 Å². The number of anilines is 1. The van der Waals surface area contributed by atoms with E-state index in [1.54, 1.807) is 7.11 Å². The molecule has 3 N–H and O–H groups in total. The molecule has 0 amide bonds. The molecular weight excluding hydrogens is 369 g/mol. The van der Waals surface area contributed by atoms with Gasteiger partial charge in [0, 0.05) is 22.3 Å². The van der Waals surface area contributed by atoms with Gasteiger partial charge in [0.05, 0.1) is 23.8 Å². The summed E-state index contributed by atoms with van der Waals surface area (Å²) in [6.45, 7) is 1.47. The fourth-order valence-electron chi connectivity index (χ4n) is 2.53. The zero-order valence-corrected chi connectivity index (χ0v) is 15.6. The summed E-state index contributed by atoms with van der Waals surface area (Å²) in [4.78, 5) is 4.70. The Morgan fingerprint density at radius 1 is 1.08 bits per heavy atom. The number of halogens is 3. The summed E-state index contributed by atoms with van der Waals surface area (Å²) < 4.78 is 5.34. The number of hydrogen-bond acceptors (Lipinski definition) is 4. The van der Waals surface area contributed by atoms with Crippen molar-refractivity contribution in [2.75, 3.05) is 25.5 Å². The molecule has 0 bridgehead atoms. The van der Waals surface area contributed by atoms with E-state index in [9.17, 15) is 0 Å². The lowest BCUT2D eigenvalue weighted by Gasteiger charge is -2.14. The van der Waals surface area contributed by atoms with E-state index in [1.165, 1.54) is 0 Å². The first-order chi connectivity index (χ1) is 10.7. The molecule has 0 aliphatic rings. The number of benzene rings is 2. The Hall–Kier alpha value is -1.46. The second-order valence-electron chi connectivity index (χ2n) is 5.10. The Morgan fingerprint density at radius 2 is 1.88 bits per heavy atom. The molecule has 1 heterocycles. The molecule has 0 aliphatic carbocycles. The molecule has 0 aliphatic heterocycles. The van der Waals surface area contributed by atoms with Crippen LogP contribution >= 0.6 is 36.4 Å². The van der Waals surface area contributed by atoms with Gasteiger partial charge in [0.15, 0.2) is 0 Å². The van der Waals surface area contributed by atoms with Crippen LogP contribution in [0.1, 0.15) is 6.42 Å². The highest BCUT2D eigenvalue weighted by molar-refractivity contribution is 6.31. The van der Waals surface area contributed by atoms with Crippen LogP contribution in [-0.2, 0) is 0 Å². The van der Waals surface area contributed by atoms with Gasteiger partial charge in [-0.05, 0) is 49.4 Å². The normalized spacial score (nSPS) is 10.1. The maximum atomic E-state index is 6.10. The van der Waals surface area contributed by atoms with Gasteiger partial charge in [0.25, 0.3) is 0 Å². The first kappa shape index (κ1) is 20.6. The average molecular weight is 389 g/mol. The van der Waals surface area contributed by atoms with Crippen molar-refractivity contribution in [2.24, 2.45) is 5.73 Å². The van der Waals surface area contributed by atoms with Crippen LogP contribution in [0.3, 0.4) is 0 Å². The van der Waals surface area contributed by atoms with E-state index >= 15 is 0 Å². The van der Waals surface area contributed by atoms with Gasteiger partial charge in [0.2, 0.25) is 0 Å². The molecule has 130 valence electrons. The minimum absolute atomic E-state index is 0. The molecule has 3 aromatic rings. The Balaban J connectivity index is 0.00000144. The molecule has 0 saturated heterocycles. The van der Waals surface area contributed by atoms with Crippen molar-refractivity contribution < 1.29 is 4.74 Å². The van der Waals surface area contributed by atoms with E-state index in [0.29, 0.717) is 11.6 Å². The monoisotopic (exact) mass is 387 g/mol. The van der Waals surface area contributed by atoms with Crippen LogP contribution in [-0.4, -0.2) is 25.2 Å². The Morgan fingerprint density at radius 3 is 2.58 bits per heavy atom. The van der Waals surface area contributed by atoms with Gasteiger partial charge in [-0.2, -0.15) is 0 Å². The standard InChI is InChI=1S/C17H18ClN3O.2ClH/c1-22-12-4-6-15-14(10-12)17(20-8-2-7-19)13-5-3-11(18)9-16(13)21-15;;/h3-6,9-10H,2,7-8,19H2,1H3,(H,20,21);2*1H. The van der Waals surface area contributed by atoms with Crippen LogP contribution < -0.4 is 15.8 Å². The summed E-state index contributed by atoms with van der Waals surface area (Å²) in [5.74, 6) is 0.810. The van der Waals surface area contributed by atoms with Crippen molar-refractivity contribution in [1.82, 2.24) is 4.98 Å². The molecule has 24 heavy (non-hydrogen) atoms. The molecule has 0 radical (unpaired) electrons. The fraction of sp³-hybridized carbons (Fsp3) is 0.235. The number of fused-ring (bicyclic) bond motifs is 2. The lowest BCUT2D eigenvalue weighted by Crippen LogP contribution is -2.09. The van der Waals surface area contributed by atoms with Gasteiger partial charge in [-0.15, -0.1) is 24.8 Å². The molecule has 7 heteroatoms. The van der Waals surface area contributed by atoms with Gasteiger partial charge in [-0.3, -0.25) is 0 Å². The molecule has 0 spiro atoms. The van der Waals surface area contributed by atoms with Crippen molar-refractivity contribution in [3.8, 4) is 5.75 Å². The van der Waals surface area contributed by atoms with Gasteiger partial charge in [0.1, 0.15) is 5.75 Å². The third-order valence-corrected chi connectivity index (χ3v) is 3.86. The van der Waals surface area contributed by atoms with E-state index in [-0.39, 0.29) is 24.8 Å². The number of methoxy groups -OCH3 is 1. The molecule has 0 unspecified atom stereocenters. The summed E-state index contributed by atoms with van der Waals surface area (Å²) in [6, 6.07) is 11.6. The van der Waals surface area contributed by atoms with E-state index in [4.69, 9.17) is 27.1 Å². The summed E-state index contributed by atoms with van der Waals surface area (Å²) in [5.41, 5.74) is 8.42. The molecular formula is C17H20Cl3N3O. The number of nitrogens with one attached hydrogen (secondary N) is 1. The van der Waals surface area contributed by atoms with E-state index in [1.807, 2.05) is 36.4 Å². The van der Waals surface area contributed by atoms with E-state index in [2.05, 4.69) is 5.32 Å². The van der Waals surface area contributed by atoms with Gasteiger partial charge >= 0.3 is 0 Å². The maximum Gasteiger partial charge on any atom is 0.119 e. The molecule has 0 atom stereocenters. The van der Waals surface area contributed by atoms with Crippen molar-refractivity contribution in [3.05, 3.63) is 41.4 Å². The van der Waals surface area contributed by atoms with Crippen LogP contribution in [0, 0.1) is 0 Å². The first-order valence-corrected chi connectivity index (χ1v) is 7.61. The van der Waals surface area contributed by atoms with Crippen LogP contribution in [0.5, 0.6) is 5.75 Å². The molecule has 0 saturated carbocycles. The highest BCUT2D eigenvalue weighted by Gasteiger charge is 2.10. The largest absolute Gasteiger partial charge is 0.497 e. The quantitative estimate of drug-likeness (QED) is 0.493. The maximum absolute atomic E-state index is 6.10. The second kappa shape index (κ2) is 9.14. The number of nitrogens with two attached hydrogens (primary N) is 1. The number of rotatable bonds is 5. The number of pyridine rings is 1. The highest BCUT2D eigenvalue weighted by atomic mass is 35.5. The SMILES string of the molecule is COc1ccc2nc3cc(Cl)ccc3c(NCCCN)c2c1.Cl.Cl. The van der Waals surface area contributed by atoms with Crippen molar-refractivity contribution in [2.45, 2.75) is 6.42 Å². The number of ether oxygens (including phenoxy) is 1. The lowest BCUT2D eigenvalue weighted by molar-refractivity contribution is 0.415. The molecule has 4 nitrogen and oxygen atoms in total. The second-order valence-corrected chi connectivity index (χ2v) is 5.54. The number of hydrogen-bond donors (Lipinski definition) is 2. The van der Waals surface area contributed by atoms with Gasteiger partial charge in [-0.25, -0.2) is 4.98 Å². The predicted octanol–water partition coefficient (Wildman–Crippen LogP) is 4.65. The summed E-state index contributed by atoms with van der Waals surface area (Å²) in [6.07, 6.45) is 0.906. The molecule has 0 fully saturated rings. The van der Waals surface area contributed by atoms with E-state index in [0.717, 1.165) is 46.2 Å². The van der Waals surface area contributed by atoms with Crippen LogP contribution in [0.2, 0.25) is 5.02 Å². The Kier molecular flexibility index (Phi) is 7.84.